The number of pyridine rings is 1. The molecular weight excluding hydrogens is 283 g/mol. The van der Waals surface area contributed by atoms with Crippen molar-refractivity contribution in [1.29, 1.82) is 0 Å². The number of hydrogen-bond donors (Lipinski definition) is 2. The Kier molecular flexibility index (Phi) is 6.69. The van der Waals surface area contributed by atoms with Gasteiger partial charge in [0.05, 0.1) is 10.0 Å². The minimum absolute atomic E-state index is 0.521. The van der Waals surface area contributed by atoms with Crippen molar-refractivity contribution >= 4 is 34.8 Å². The second-order valence-electron chi connectivity index (χ2n) is 4.68. The Morgan fingerprint density at radius 1 is 1.21 bits per heavy atom. The summed E-state index contributed by atoms with van der Waals surface area (Å²) in [5.41, 5.74) is 0. The molecule has 0 amide bonds. The first-order valence-corrected chi connectivity index (χ1v) is 7.25. The Balaban J connectivity index is 2.65. The van der Waals surface area contributed by atoms with Gasteiger partial charge in [0, 0.05) is 25.7 Å². The van der Waals surface area contributed by atoms with Crippen LogP contribution in [0.2, 0.25) is 10.0 Å². The molecule has 1 heterocycles. The standard InChI is InChI=1S/C13H22Cl2N4/c1-5-16-12-10(14)8-11(15)13(18-12)17-6-7-19(4)9(2)3/h8-9H,5-7H2,1-4H3,(H2,16,17,18). The molecule has 19 heavy (non-hydrogen) atoms. The molecule has 0 saturated carbocycles. The maximum absolute atomic E-state index is 6.13. The number of anilines is 2. The zero-order valence-electron chi connectivity index (χ0n) is 11.9. The van der Waals surface area contributed by atoms with E-state index < -0.39 is 0 Å². The molecule has 0 saturated heterocycles. The molecule has 0 spiro atoms. The number of aromatic nitrogens is 1. The SMILES string of the molecule is CCNc1nc(NCCN(C)C(C)C)c(Cl)cc1Cl. The summed E-state index contributed by atoms with van der Waals surface area (Å²) in [7, 11) is 2.09. The van der Waals surface area contributed by atoms with Crippen LogP contribution in [0, 0.1) is 0 Å². The highest BCUT2D eigenvalue weighted by molar-refractivity contribution is 6.37. The Morgan fingerprint density at radius 3 is 2.32 bits per heavy atom. The lowest BCUT2D eigenvalue weighted by atomic mass is 10.3. The highest BCUT2D eigenvalue weighted by Gasteiger charge is 2.09. The van der Waals surface area contributed by atoms with Crippen LogP contribution in [0.1, 0.15) is 20.8 Å². The van der Waals surface area contributed by atoms with Crippen molar-refractivity contribution in [1.82, 2.24) is 9.88 Å². The van der Waals surface area contributed by atoms with Crippen LogP contribution in [0.3, 0.4) is 0 Å². The van der Waals surface area contributed by atoms with Crippen molar-refractivity contribution in [2.24, 2.45) is 0 Å². The van der Waals surface area contributed by atoms with Crippen molar-refractivity contribution in [3.05, 3.63) is 16.1 Å². The summed E-state index contributed by atoms with van der Waals surface area (Å²) in [6.07, 6.45) is 0. The maximum atomic E-state index is 6.13. The topological polar surface area (TPSA) is 40.2 Å². The highest BCUT2D eigenvalue weighted by atomic mass is 35.5. The van der Waals surface area contributed by atoms with Gasteiger partial charge in [0.1, 0.15) is 11.6 Å². The number of halogens is 2. The number of hydrogen-bond acceptors (Lipinski definition) is 4. The van der Waals surface area contributed by atoms with Gasteiger partial charge in [-0.1, -0.05) is 23.2 Å². The van der Waals surface area contributed by atoms with E-state index in [1.807, 2.05) is 6.92 Å². The first kappa shape index (κ1) is 16.3. The predicted octanol–water partition coefficient (Wildman–Crippen LogP) is 3.57. The Hall–Kier alpha value is -0.710. The van der Waals surface area contributed by atoms with Crippen LogP contribution in [0.4, 0.5) is 11.6 Å². The van der Waals surface area contributed by atoms with E-state index in [0.29, 0.717) is 27.7 Å². The lowest BCUT2D eigenvalue weighted by Crippen LogP contribution is -2.31. The molecule has 0 unspecified atom stereocenters. The molecule has 0 fully saturated rings. The third kappa shape index (κ3) is 5.05. The Labute approximate surface area is 125 Å². The summed E-state index contributed by atoms with van der Waals surface area (Å²) in [6.45, 7) is 8.80. The fourth-order valence-electron chi connectivity index (χ4n) is 1.49. The van der Waals surface area contributed by atoms with Crippen molar-refractivity contribution in [2.75, 3.05) is 37.3 Å². The van der Waals surface area contributed by atoms with Gasteiger partial charge < -0.3 is 15.5 Å². The van der Waals surface area contributed by atoms with Crippen molar-refractivity contribution < 1.29 is 0 Å². The van der Waals surface area contributed by atoms with Crippen LogP contribution in [0.15, 0.2) is 6.07 Å². The molecule has 108 valence electrons. The lowest BCUT2D eigenvalue weighted by Gasteiger charge is -2.21. The van der Waals surface area contributed by atoms with Crippen LogP contribution < -0.4 is 10.6 Å². The molecule has 0 radical (unpaired) electrons. The van der Waals surface area contributed by atoms with Gasteiger partial charge in [-0.05, 0) is 33.9 Å². The van der Waals surface area contributed by atoms with Crippen molar-refractivity contribution in [2.45, 2.75) is 26.8 Å². The summed E-state index contributed by atoms with van der Waals surface area (Å²) >= 11 is 12.2. The van der Waals surface area contributed by atoms with E-state index in [2.05, 4.69) is 41.4 Å². The molecule has 6 heteroatoms. The second kappa shape index (κ2) is 7.78. The normalized spacial score (nSPS) is 11.2. The summed E-state index contributed by atoms with van der Waals surface area (Å²) in [5.74, 6) is 1.33. The molecule has 0 aliphatic heterocycles. The fraction of sp³-hybridized carbons (Fsp3) is 0.615. The van der Waals surface area contributed by atoms with Gasteiger partial charge in [-0.3, -0.25) is 0 Å². The number of nitrogens with zero attached hydrogens (tertiary/aromatic N) is 2. The van der Waals surface area contributed by atoms with E-state index in [4.69, 9.17) is 23.2 Å². The predicted molar refractivity (Wildman–Crippen MR) is 84.7 cm³/mol. The lowest BCUT2D eigenvalue weighted by molar-refractivity contribution is 0.284. The minimum atomic E-state index is 0.521. The average molecular weight is 305 g/mol. The molecule has 1 rings (SSSR count). The molecule has 0 atom stereocenters. The van der Waals surface area contributed by atoms with E-state index in [1.54, 1.807) is 6.07 Å². The number of likely N-dealkylation sites (N-methyl/N-ethyl adjacent to an activating group) is 1. The summed E-state index contributed by atoms with van der Waals surface area (Å²) in [4.78, 5) is 6.65. The van der Waals surface area contributed by atoms with Crippen molar-refractivity contribution in [3.8, 4) is 0 Å². The number of rotatable bonds is 7. The summed E-state index contributed by atoms with van der Waals surface area (Å²) < 4.78 is 0. The van der Waals surface area contributed by atoms with Crippen LogP contribution in [-0.4, -0.2) is 42.6 Å². The van der Waals surface area contributed by atoms with Crippen molar-refractivity contribution in [3.63, 3.8) is 0 Å². The second-order valence-corrected chi connectivity index (χ2v) is 5.50. The van der Waals surface area contributed by atoms with Crippen LogP contribution in [0.25, 0.3) is 0 Å². The smallest absolute Gasteiger partial charge is 0.147 e. The van der Waals surface area contributed by atoms with Gasteiger partial charge >= 0.3 is 0 Å². The monoisotopic (exact) mass is 304 g/mol. The molecule has 4 nitrogen and oxygen atoms in total. The van der Waals surface area contributed by atoms with E-state index >= 15 is 0 Å². The van der Waals surface area contributed by atoms with E-state index in [-0.39, 0.29) is 0 Å². The van der Waals surface area contributed by atoms with Crippen LogP contribution >= 0.6 is 23.2 Å². The Bertz CT molecular complexity index is 410. The van der Waals surface area contributed by atoms with Gasteiger partial charge in [0.15, 0.2) is 0 Å². The molecule has 0 aliphatic carbocycles. The van der Waals surface area contributed by atoms with Gasteiger partial charge in [0.25, 0.3) is 0 Å². The first-order chi connectivity index (χ1) is 8.95. The number of nitrogens with one attached hydrogen (secondary N) is 2. The minimum Gasteiger partial charge on any atom is -0.369 e. The zero-order valence-corrected chi connectivity index (χ0v) is 13.4. The van der Waals surface area contributed by atoms with Gasteiger partial charge in [-0.25, -0.2) is 4.98 Å². The Morgan fingerprint density at radius 2 is 1.79 bits per heavy atom. The first-order valence-electron chi connectivity index (χ1n) is 6.49. The third-order valence-electron chi connectivity index (χ3n) is 2.91. The molecule has 1 aromatic rings. The molecule has 0 aromatic carbocycles. The highest BCUT2D eigenvalue weighted by Crippen LogP contribution is 2.28. The summed E-state index contributed by atoms with van der Waals surface area (Å²) in [5, 5.41) is 7.43. The molecule has 1 aromatic heterocycles. The molecule has 0 aliphatic rings. The van der Waals surface area contributed by atoms with Crippen LogP contribution in [0.5, 0.6) is 0 Å². The third-order valence-corrected chi connectivity index (χ3v) is 3.49. The van der Waals surface area contributed by atoms with Gasteiger partial charge in [0.2, 0.25) is 0 Å². The maximum Gasteiger partial charge on any atom is 0.147 e. The van der Waals surface area contributed by atoms with Gasteiger partial charge in [-0.2, -0.15) is 0 Å². The fourth-order valence-corrected chi connectivity index (χ4v) is 1.98. The zero-order chi connectivity index (χ0) is 14.4. The molecular formula is C13H22Cl2N4. The van der Waals surface area contributed by atoms with E-state index in [1.165, 1.54) is 0 Å². The van der Waals surface area contributed by atoms with Crippen LogP contribution in [-0.2, 0) is 0 Å². The quantitative estimate of drug-likeness (QED) is 0.808. The van der Waals surface area contributed by atoms with Gasteiger partial charge in [-0.15, -0.1) is 0 Å². The largest absolute Gasteiger partial charge is 0.369 e. The summed E-state index contributed by atoms with van der Waals surface area (Å²) in [6, 6.07) is 2.23. The molecule has 0 bridgehead atoms. The van der Waals surface area contributed by atoms with E-state index in [0.717, 1.165) is 19.6 Å². The average Bonchev–Trinajstić information content (AvgIpc) is 2.34. The molecule has 2 N–H and O–H groups in total. The van der Waals surface area contributed by atoms with E-state index in [9.17, 15) is 0 Å².